The Labute approximate surface area is 128 Å². The summed E-state index contributed by atoms with van der Waals surface area (Å²) in [5.74, 6) is 1.22. The maximum Gasteiger partial charge on any atom is 0.135 e. The fourth-order valence-corrected chi connectivity index (χ4v) is 3.88. The SMILES string of the molecule is NCCCN(c1ncnc2c1CCC2)C1CCCCCC1. The van der Waals surface area contributed by atoms with Crippen LogP contribution in [0.3, 0.4) is 0 Å². The van der Waals surface area contributed by atoms with Gasteiger partial charge in [-0.2, -0.15) is 0 Å². The Bertz CT molecular complexity index is 452. The van der Waals surface area contributed by atoms with E-state index in [0.29, 0.717) is 6.04 Å². The average molecular weight is 288 g/mol. The summed E-state index contributed by atoms with van der Waals surface area (Å²) in [5, 5.41) is 0. The van der Waals surface area contributed by atoms with E-state index in [1.54, 1.807) is 6.33 Å². The van der Waals surface area contributed by atoms with Crippen LogP contribution in [0.25, 0.3) is 0 Å². The first-order valence-electron chi connectivity index (χ1n) is 8.69. The number of anilines is 1. The van der Waals surface area contributed by atoms with Crippen LogP contribution >= 0.6 is 0 Å². The highest BCUT2D eigenvalue weighted by Gasteiger charge is 2.26. The molecule has 1 saturated carbocycles. The summed E-state index contributed by atoms with van der Waals surface area (Å²) in [6.07, 6.45) is 14.4. The highest BCUT2D eigenvalue weighted by Crippen LogP contribution is 2.32. The van der Waals surface area contributed by atoms with Crippen molar-refractivity contribution in [2.24, 2.45) is 5.73 Å². The van der Waals surface area contributed by atoms with Crippen LogP contribution in [0.1, 0.15) is 62.6 Å². The molecule has 4 nitrogen and oxygen atoms in total. The lowest BCUT2D eigenvalue weighted by Gasteiger charge is -2.33. The van der Waals surface area contributed by atoms with Gasteiger partial charge >= 0.3 is 0 Å². The lowest BCUT2D eigenvalue weighted by molar-refractivity contribution is 0.513. The molecule has 4 heteroatoms. The first-order chi connectivity index (χ1) is 10.4. The van der Waals surface area contributed by atoms with Gasteiger partial charge in [0.25, 0.3) is 0 Å². The van der Waals surface area contributed by atoms with E-state index >= 15 is 0 Å². The first kappa shape index (κ1) is 14.8. The van der Waals surface area contributed by atoms with Crippen molar-refractivity contribution in [3.63, 3.8) is 0 Å². The molecule has 2 aliphatic rings. The summed E-state index contributed by atoms with van der Waals surface area (Å²) in [7, 11) is 0. The Balaban J connectivity index is 1.86. The normalized spacial score (nSPS) is 19.3. The van der Waals surface area contributed by atoms with E-state index < -0.39 is 0 Å². The van der Waals surface area contributed by atoms with Gasteiger partial charge in [-0.1, -0.05) is 25.7 Å². The van der Waals surface area contributed by atoms with Crippen LogP contribution < -0.4 is 10.6 Å². The van der Waals surface area contributed by atoms with E-state index in [1.807, 2.05) is 0 Å². The van der Waals surface area contributed by atoms with Crippen LogP contribution in [-0.4, -0.2) is 29.1 Å². The quantitative estimate of drug-likeness (QED) is 0.847. The van der Waals surface area contributed by atoms with Gasteiger partial charge in [0.15, 0.2) is 0 Å². The van der Waals surface area contributed by atoms with E-state index in [9.17, 15) is 0 Å². The minimum atomic E-state index is 0.652. The standard InChI is InChI=1S/C17H28N4/c18-11-6-12-21(14-7-3-1-2-4-8-14)17-15-9-5-10-16(15)19-13-20-17/h13-14H,1-12,18H2. The molecule has 0 saturated heterocycles. The number of rotatable bonds is 5. The molecular formula is C17H28N4. The fourth-order valence-electron chi connectivity index (χ4n) is 3.88. The molecular weight excluding hydrogens is 260 g/mol. The van der Waals surface area contributed by atoms with Gasteiger partial charge in [-0.05, 0) is 45.1 Å². The Morgan fingerprint density at radius 3 is 2.62 bits per heavy atom. The molecule has 0 bridgehead atoms. The second-order valence-electron chi connectivity index (χ2n) is 6.46. The summed E-state index contributed by atoms with van der Waals surface area (Å²) < 4.78 is 0. The predicted octanol–water partition coefficient (Wildman–Crippen LogP) is 2.84. The number of fused-ring (bicyclic) bond motifs is 1. The van der Waals surface area contributed by atoms with Gasteiger partial charge in [0.2, 0.25) is 0 Å². The minimum Gasteiger partial charge on any atom is -0.353 e. The Morgan fingerprint density at radius 1 is 1.05 bits per heavy atom. The van der Waals surface area contributed by atoms with Crippen LogP contribution in [0.2, 0.25) is 0 Å². The highest BCUT2D eigenvalue weighted by atomic mass is 15.2. The van der Waals surface area contributed by atoms with Gasteiger partial charge in [-0.3, -0.25) is 0 Å². The first-order valence-corrected chi connectivity index (χ1v) is 8.69. The molecule has 3 rings (SSSR count). The van der Waals surface area contributed by atoms with Crippen molar-refractivity contribution < 1.29 is 0 Å². The highest BCUT2D eigenvalue weighted by molar-refractivity contribution is 5.51. The predicted molar refractivity (Wildman–Crippen MR) is 86.6 cm³/mol. The minimum absolute atomic E-state index is 0.652. The molecule has 0 aromatic carbocycles. The van der Waals surface area contributed by atoms with Crippen molar-refractivity contribution in [3.8, 4) is 0 Å². The van der Waals surface area contributed by atoms with E-state index in [0.717, 1.165) is 32.4 Å². The second-order valence-corrected chi connectivity index (χ2v) is 6.46. The molecule has 0 unspecified atom stereocenters. The molecule has 1 heterocycles. The third-order valence-corrected chi connectivity index (χ3v) is 4.99. The van der Waals surface area contributed by atoms with Crippen LogP contribution in [0.15, 0.2) is 6.33 Å². The Kier molecular flexibility index (Phi) is 5.07. The maximum atomic E-state index is 5.77. The average Bonchev–Trinajstić information content (AvgIpc) is 2.84. The molecule has 1 fully saturated rings. The Hall–Kier alpha value is -1.16. The van der Waals surface area contributed by atoms with Crippen molar-refractivity contribution in [2.45, 2.75) is 70.3 Å². The molecule has 1 aromatic rings. The maximum absolute atomic E-state index is 5.77. The molecule has 1 aromatic heterocycles. The largest absolute Gasteiger partial charge is 0.353 e. The van der Waals surface area contributed by atoms with Gasteiger partial charge in [0.1, 0.15) is 12.1 Å². The van der Waals surface area contributed by atoms with Crippen molar-refractivity contribution >= 4 is 5.82 Å². The lowest BCUT2D eigenvalue weighted by atomic mass is 10.1. The molecule has 116 valence electrons. The third kappa shape index (κ3) is 3.37. The van der Waals surface area contributed by atoms with E-state index in [4.69, 9.17) is 5.73 Å². The van der Waals surface area contributed by atoms with E-state index in [-0.39, 0.29) is 0 Å². The summed E-state index contributed by atoms with van der Waals surface area (Å²) >= 11 is 0. The summed E-state index contributed by atoms with van der Waals surface area (Å²) in [6.45, 7) is 1.81. The smallest absolute Gasteiger partial charge is 0.135 e. The topological polar surface area (TPSA) is 55.0 Å². The fraction of sp³-hybridized carbons (Fsp3) is 0.765. The molecule has 0 amide bonds. The van der Waals surface area contributed by atoms with Crippen LogP contribution in [0.4, 0.5) is 5.82 Å². The van der Waals surface area contributed by atoms with Crippen molar-refractivity contribution in [1.82, 2.24) is 9.97 Å². The van der Waals surface area contributed by atoms with Gasteiger partial charge in [-0.15, -0.1) is 0 Å². The molecule has 2 aliphatic carbocycles. The van der Waals surface area contributed by atoms with Crippen LogP contribution in [-0.2, 0) is 12.8 Å². The van der Waals surface area contributed by atoms with E-state index in [2.05, 4.69) is 14.9 Å². The van der Waals surface area contributed by atoms with Gasteiger partial charge in [0.05, 0.1) is 0 Å². The van der Waals surface area contributed by atoms with Crippen LogP contribution in [0.5, 0.6) is 0 Å². The van der Waals surface area contributed by atoms with Gasteiger partial charge in [-0.25, -0.2) is 9.97 Å². The molecule has 0 spiro atoms. The summed E-state index contributed by atoms with van der Waals surface area (Å²) in [4.78, 5) is 11.7. The van der Waals surface area contributed by atoms with Crippen molar-refractivity contribution in [3.05, 3.63) is 17.6 Å². The monoisotopic (exact) mass is 288 g/mol. The number of hydrogen-bond donors (Lipinski definition) is 1. The number of hydrogen-bond acceptors (Lipinski definition) is 4. The zero-order chi connectivity index (χ0) is 14.5. The molecule has 0 aliphatic heterocycles. The van der Waals surface area contributed by atoms with Gasteiger partial charge < -0.3 is 10.6 Å². The number of nitrogens with zero attached hydrogens (tertiary/aromatic N) is 3. The van der Waals surface area contributed by atoms with Crippen molar-refractivity contribution in [2.75, 3.05) is 18.0 Å². The van der Waals surface area contributed by atoms with Crippen molar-refractivity contribution in [1.29, 1.82) is 0 Å². The molecule has 0 radical (unpaired) electrons. The number of nitrogens with two attached hydrogens (primary N) is 1. The lowest BCUT2D eigenvalue weighted by Crippen LogP contribution is -2.38. The zero-order valence-corrected chi connectivity index (χ0v) is 13.1. The van der Waals surface area contributed by atoms with Crippen LogP contribution in [0, 0.1) is 0 Å². The third-order valence-electron chi connectivity index (χ3n) is 4.99. The molecule has 21 heavy (non-hydrogen) atoms. The Morgan fingerprint density at radius 2 is 1.86 bits per heavy atom. The zero-order valence-electron chi connectivity index (χ0n) is 13.1. The number of aryl methyl sites for hydroxylation is 1. The summed E-state index contributed by atoms with van der Waals surface area (Å²) in [6, 6.07) is 0.652. The second kappa shape index (κ2) is 7.21. The molecule has 0 atom stereocenters. The molecule has 2 N–H and O–H groups in total. The summed E-state index contributed by atoms with van der Waals surface area (Å²) in [5.41, 5.74) is 8.47. The van der Waals surface area contributed by atoms with E-state index in [1.165, 1.54) is 62.0 Å². The van der Waals surface area contributed by atoms with Gasteiger partial charge in [0, 0.05) is 23.8 Å². The number of aromatic nitrogens is 2.